The molecular weight excluding hydrogens is 488 g/mol. The number of para-hydroxylation sites is 1. The summed E-state index contributed by atoms with van der Waals surface area (Å²) in [7, 11) is 0. The van der Waals surface area contributed by atoms with Crippen molar-refractivity contribution in [1.82, 2.24) is 4.90 Å². The van der Waals surface area contributed by atoms with E-state index in [2.05, 4.69) is 0 Å². The fraction of sp³-hybridized carbons (Fsp3) is 0.0417. The van der Waals surface area contributed by atoms with Gasteiger partial charge in [-0.25, -0.2) is 9.18 Å². The number of rotatable bonds is 5. The van der Waals surface area contributed by atoms with Gasteiger partial charge in [0.15, 0.2) is 0 Å². The summed E-state index contributed by atoms with van der Waals surface area (Å²) in [6.45, 7) is -0.0890. The number of esters is 1. The molecule has 0 unspecified atom stereocenters. The first kappa shape index (κ1) is 23.0. The highest BCUT2D eigenvalue weighted by atomic mass is 35.5. The van der Waals surface area contributed by atoms with E-state index in [0.29, 0.717) is 21.7 Å². The van der Waals surface area contributed by atoms with Crippen LogP contribution in [0.2, 0.25) is 10.0 Å². The predicted molar refractivity (Wildman–Crippen MR) is 126 cm³/mol. The van der Waals surface area contributed by atoms with Gasteiger partial charge in [-0.3, -0.25) is 14.5 Å². The van der Waals surface area contributed by atoms with Gasteiger partial charge in [-0.1, -0.05) is 47.5 Å². The zero-order valence-electron chi connectivity index (χ0n) is 16.8. The van der Waals surface area contributed by atoms with Gasteiger partial charge in [0.25, 0.3) is 11.1 Å². The van der Waals surface area contributed by atoms with Gasteiger partial charge in [0.05, 0.1) is 17.0 Å². The molecule has 3 aromatic carbocycles. The van der Waals surface area contributed by atoms with E-state index in [1.807, 2.05) is 0 Å². The first-order valence-electron chi connectivity index (χ1n) is 9.58. The van der Waals surface area contributed by atoms with Crippen LogP contribution in [0.5, 0.6) is 5.75 Å². The number of nitrogens with zero attached hydrogens (tertiary/aromatic N) is 1. The molecule has 166 valence electrons. The summed E-state index contributed by atoms with van der Waals surface area (Å²) in [5, 5.41) is 0.129. The molecule has 0 atom stereocenters. The van der Waals surface area contributed by atoms with E-state index < -0.39 is 22.9 Å². The maximum absolute atomic E-state index is 13.3. The Morgan fingerprint density at radius 3 is 2.48 bits per heavy atom. The van der Waals surface area contributed by atoms with Gasteiger partial charge in [0.1, 0.15) is 11.6 Å². The Morgan fingerprint density at radius 1 is 1.03 bits per heavy atom. The average Bonchev–Trinajstić information content (AvgIpc) is 3.04. The second kappa shape index (κ2) is 9.79. The number of amides is 2. The molecule has 0 bridgehead atoms. The lowest BCUT2D eigenvalue weighted by Gasteiger charge is -2.13. The second-order valence-corrected chi connectivity index (χ2v) is 8.77. The second-order valence-electron chi connectivity index (χ2n) is 6.94. The van der Waals surface area contributed by atoms with Crippen molar-refractivity contribution in [3.8, 4) is 5.75 Å². The number of benzene rings is 3. The predicted octanol–water partition coefficient (Wildman–Crippen LogP) is 6.59. The van der Waals surface area contributed by atoms with Gasteiger partial charge in [-0.05, 0) is 65.9 Å². The number of halogens is 3. The maximum Gasteiger partial charge on any atom is 0.343 e. The molecule has 0 spiro atoms. The van der Waals surface area contributed by atoms with Crippen LogP contribution in [0.15, 0.2) is 71.6 Å². The topological polar surface area (TPSA) is 63.7 Å². The molecule has 1 saturated heterocycles. The standard InChI is InChI=1S/C24H14Cl2FNO4S/c25-17-8-5-14(6-9-17)23(30)32-20-4-2-1-3-15(20)11-21-22(29)28(24(31)33-21)13-16-7-10-18(27)12-19(16)26/h1-12H,13H2/b21-11-. The Kier molecular flexibility index (Phi) is 6.83. The Hall–Kier alpha value is -3.13. The molecule has 0 aliphatic carbocycles. The smallest absolute Gasteiger partial charge is 0.343 e. The van der Waals surface area contributed by atoms with E-state index in [4.69, 9.17) is 27.9 Å². The molecule has 5 nitrogen and oxygen atoms in total. The number of carbonyl (C=O) groups excluding carboxylic acids is 3. The first-order valence-corrected chi connectivity index (χ1v) is 11.1. The molecule has 1 aliphatic heterocycles. The molecule has 33 heavy (non-hydrogen) atoms. The average molecular weight is 502 g/mol. The van der Waals surface area contributed by atoms with Crippen molar-refractivity contribution < 1.29 is 23.5 Å². The van der Waals surface area contributed by atoms with Gasteiger partial charge in [-0.2, -0.15) is 0 Å². The van der Waals surface area contributed by atoms with E-state index in [9.17, 15) is 18.8 Å². The van der Waals surface area contributed by atoms with E-state index in [-0.39, 0.29) is 22.2 Å². The van der Waals surface area contributed by atoms with Crippen LogP contribution in [0.25, 0.3) is 6.08 Å². The molecular formula is C24H14Cl2FNO4S. The van der Waals surface area contributed by atoms with Crippen molar-refractivity contribution in [3.63, 3.8) is 0 Å². The van der Waals surface area contributed by atoms with Crippen LogP contribution < -0.4 is 4.74 Å². The molecule has 0 radical (unpaired) electrons. The number of thioether (sulfide) groups is 1. The molecule has 0 N–H and O–H groups in total. The molecule has 1 fully saturated rings. The highest BCUT2D eigenvalue weighted by molar-refractivity contribution is 8.18. The van der Waals surface area contributed by atoms with E-state index in [0.717, 1.165) is 22.7 Å². The van der Waals surface area contributed by atoms with Crippen molar-refractivity contribution >= 4 is 58.2 Å². The zero-order valence-corrected chi connectivity index (χ0v) is 19.1. The Morgan fingerprint density at radius 2 is 1.76 bits per heavy atom. The monoisotopic (exact) mass is 501 g/mol. The summed E-state index contributed by atoms with van der Waals surface area (Å²) >= 11 is 12.6. The van der Waals surface area contributed by atoms with Crippen LogP contribution in [0.1, 0.15) is 21.5 Å². The molecule has 9 heteroatoms. The molecule has 2 amide bonds. The van der Waals surface area contributed by atoms with E-state index >= 15 is 0 Å². The molecule has 0 aromatic heterocycles. The van der Waals surface area contributed by atoms with Crippen LogP contribution in [0.4, 0.5) is 9.18 Å². The molecule has 1 heterocycles. The highest BCUT2D eigenvalue weighted by Gasteiger charge is 2.35. The van der Waals surface area contributed by atoms with Crippen LogP contribution in [-0.2, 0) is 11.3 Å². The fourth-order valence-electron chi connectivity index (χ4n) is 3.04. The van der Waals surface area contributed by atoms with E-state index in [1.165, 1.54) is 18.2 Å². The quantitative estimate of drug-likeness (QED) is 0.224. The minimum Gasteiger partial charge on any atom is -0.422 e. The fourth-order valence-corrected chi connectivity index (χ4v) is 4.22. The largest absolute Gasteiger partial charge is 0.422 e. The summed E-state index contributed by atoms with van der Waals surface area (Å²) in [5.74, 6) is -1.40. The SMILES string of the molecule is O=C(Oc1ccccc1/C=C1\SC(=O)N(Cc2ccc(F)cc2Cl)C1=O)c1ccc(Cl)cc1. The molecule has 0 saturated carbocycles. The summed E-state index contributed by atoms with van der Waals surface area (Å²) in [6, 6.07) is 16.6. The highest BCUT2D eigenvalue weighted by Crippen LogP contribution is 2.35. The summed E-state index contributed by atoms with van der Waals surface area (Å²) < 4.78 is 18.8. The molecule has 4 rings (SSSR count). The van der Waals surface area contributed by atoms with Crippen molar-refractivity contribution in [2.24, 2.45) is 0 Å². The molecule has 1 aliphatic rings. The number of hydrogen-bond donors (Lipinski definition) is 0. The van der Waals surface area contributed by atoms with Gasteiger partial charge in [0, 0.05) is 15.6 Å². The normalized spacial score (nSPS) is 14.8. The van der Waals surface area contributed by atoms with Crippen LogP contribution in [0.3, 0.4) is 0 Å². The Labute approximate surface area is 202 Å². The van der Waals surface area contributed by atoms with Crippen LogP contribution in [-0.4, -0.2) is 22.0 Å². The third kappa shape index (κ3) is 5.27. The summed E-state index contributed by atoms with van der Waals surface area (Å²) in [4.78, 5) is 39.0. The van der Waals surface area contributed by atoms with Gasteiger partial charge in [0.2, 0.25) is 0 Å². The minimum absolute atomic E-state index is 0.0890. The minimum atomic E-state index is -0.591. The van der Waals surface area contributed by atoms with Crippen LogP contribution >= 0.6 is 35.0 Å². The lowest BCUT2D eigenvalue weighted by atomic mass is 10.1. The van der Waals surface area contributed by atoms with Crippen molar-refractivity contribution in [1.29, 1.82) is 0 Å². The maximum atomic E-state index is 13.3. The number of hydrogen-bond acceptors (Lipinski definition) is 5. The van der Waals surface area contributed by atoms with Gasteiger partial charge < -0.3 is 4.74 Å². The number of imide groups is 1. The number of ether oxygens (including phenoxy) is 1. The molecule has 3 aromatic rings. The first-order chi connectivity index (χ1) is 15.8. The lowest BCUT2D eigenvalue weighted by Crippen LogP contribution is -2.27. The van der Waals surface area contributed by atoms with Crippen LogP contribution in [0, 0.1) is 5.82 Å². The Balaban J connectivity index is 1.55. The van der Waals surface area contributed by atoms with Crippen molar-refractivity contribution in [3.05, 3.63) is 104 Å². The Bertz CT molecular complexity index is 1290. The van der Waals surface area contributed by atoms with E-state index in [1.54, 1.807) is 48.5 Å². The van der Waals surface area contributed by atoms with Crippen molar-refractivity contribution in [2.75, 3.05) is 0 Å². The van der Waals surface area contributed by atoms with Gasteiger partial charge >= 0.3 is 5.97 Å². The lowest BCUT2D eigenvalue weighted by molar-refractivity contribution is -0.123. The third-order valence-electron chi connectivity index (χ3n) is 4.71. The zero-order chi connectivity index (χ0) is 23.5. The number of carbonyl (C=O) groups is 3. The third-order valence-corrected chi connectivity index (χ3v) is 6.22. The van der Waals surface area contributed by atoms with Gasteiger partial charge in [-0.15, -0.1) is 0 Å². The summed E-state index contributed by atoms with van der Waals surface area (Å²) in [6.07, 6.45) is 1.49. The van der Waals surface area contributed by atoms with Crippen molar-refractivity contribution in [2.45, 2.75) is 6.54 Å². The summed E-state index contributed by atoms with van der Waals surface area (Å²) in [5.41, 5.74) is 1.20.